The highest BCUT2D eigenvalue weighted by atomic mass is 32.2. The van der Waals surface area contributed by atoms with Gasteiger partial charge in [0.05, 0.1) is 14.2 Å². The normalized spacial score (nSPS) is 11.5. The minimum Gasteiger partial charge on any atom is -0.467 e. The van der Waals surface area contributed by atoms with Crippen LogP contribution in [-0.4, -0.2) is 56.6 Å². The summed E-state index contributed by atoms with van der Waals surface area (Å²) in [6.45, 7) is 0. The number of aromatic nitrogens is 3. The Kier molecular flexibility index (Phi) is 5.77. The van der Waals surface area contributed by atoms with Gasteiger partial charge in [-0.25, -0.2) is 17.9 Å². The molecule has 2 rings (SSSR count). The van der Waals surface area contributed by atoms with Crippen LogP contribution in [-0.2, 0) is 20.1 Å². The molecule has 2 aromatic rings. The molecular formula is C12H13N5O8S2. The molecule has 0 radical (unpaired) electrons. The molecule has 1 aromatic carbocycles. The van der Waals surface area contributed by atoms with Gasteiger partial charge in [-0.15, -0.1) is 4.98 Å². The number of urea groups is 1. The van der Waals surface area contributed by atoms with Crippen molar-refractivity contribution in [3.63, 3.8) is 0 Å². The summed E-state index contributed by atoms with van der Waals surface area (Å²) in [7, 11) is -7.02. The summed E-state index contributed by atoms with van der Waals surface area (Å²) in [6, 6.07) is 2.44. The van der Waals surface area contributed by atoms with E-state index in [-0.39, 0.29) is 12.0 Å². The second-order valence-electron chi connectivity index (χ2n) is 4.61. The van der Waals surface area contributed by atoms with Gasteiger partial charge in [-0.2, -0.15) is 18.4 Å². The third kappa shape index (κ3) is 4.99. The van der Waals surface area contributed by atoms with Gasteiger partial charge < -0.3 is 9.47 Å². The van der Waals surface area contributed by atoms with E-state index in [1.165, 1.54) is 26.4 Å². The number of benzene rings is 1. The summed E-state index contributed by atoms with van der Waals surface area (Å²) < 4.78 is 67.5. The van der Waals surface area contributed by atoms with Crippen molar-refractivity contribution < 1.29 is 35.7 Å². The number of hydrogen-bond acceptors (Lipinski definition) is 10. The maximum Gasteiger partial charge on any atom is 0.335 e. The van der Waals surface area contributed by atoms with Gasteiger partial charge in [0.1, 0.15) is 9.79 Å². The van der Waals surface area contributed by atoms with Crippen LogP contribution in [0.15, 0.2) is 34.1 Å². The number of anilines is 1. The molecule has 1 aromatic heterocycles. The first-order valence-corrected chi connectivity index (χ1v) is 9.73. The molecule has 0 fully saturated rings. The zero-order valence-corrected chi connectivity index (χ0v) is 15.4. The number of nitrogens with zero attached hydrogens (tertiary/aromatic N) is 3. The Morgan fingerprint density at radius 2 is 1.48 bits per heavy atom. The van der Waals surface area contributed by atoms with Crippen molar-refractivity contribution in [3.8, 4) is 12.0 Å². The van der Waals surface area contributed by atoms with Crippen LogP contribution in [0.3, 0.4) is 0 Å². The number of hydrogen-bond donors (Lipinski definition) is 3. The molecule has 27 heavy (non-hydrogen) atoms. The minimum atomic E-state index is -4.85. The Bertz CT molecular complexity index is 1050. The minimum absolute atomic E-state index is 0.211. The zero-order valence-electron chi connectivity index (χ0n) is 13.8. The topological polar surface area (TPSA) is 187 Å². The highest BCUT2D eigenvalue weighted by molar-refractivity contribution is 7.91. The number of nitrogens with one attached hydrogen (secondary N) is 2. The number of sulfonamides is 1. The molecule has 3 N–H and O–H groups in total. The van der Waals surface area contributed by atoms with Crippen molar-refractivity contribution in [1.29, 1.82) is 0 Å². The van der Waals surface area contributed by atoms with Crippen LogP contribution >= 0.6 is 0 Å². The molecule has 0 saturated heterocycles. The first kappa shape index (κ1) is 20.3. The van der Waals surface area contributed by atoms with E-state index in [9.17, 15) is 21.6 Å². The van der Waals surface area contributed by atoms with E-state index in [1.807, 2.05) is 5.32 Å². The standard InChI is InChI=1S/C12H13N5O8S2/c1-24-11-14-9(15-12(16-11)25-2)13-10(18)17-26(19,20)7-5-3-4-6-8(7)27(21,22)23/h3-6H,1-2H3,(H,21,22,23)(H2,13,14,15,16,17,18). The van der Waals surface area contributed by atoms with Gasteiger partial charge in [0.15, 0.2) is 0 Å². The fourth-order valence-corrected chi connectivity index (χ4v) is 3.98. The summed E-state index contributed by atoms with van der Waals surface area (Å²) in [5, 5.41) is 2.01. The molecule has 0 bridgehead atoms. The van der Waals surface area contributed by atoms with Crippen molar-refractivity contribution >= 4 is 32.1 Å². The summed E-state index contributed by atoms with van der Waals surface area (Å²) in [6.07, 6.45) is 0. The molecule has 0 unspecified atom stereocenters. The van der Waals surface area contributed by atoms with Gasteiger partial charge in [0.2, 0.25) is 5.95 Å². The van der Waals surface area contributed by atoms with Crippen LogP contribution < -0.4 is 19.5 Å². The molecular weight excluding hydrogens is 406 g/mol. The Morgan fingerprint density at radius 3 is 1.96 bits per heavy atom. The van der Waals surface area contributed by atoms with E-state index in [0.717, 1.165) is 12.1 Å². The predicted molar refractivity (Wildman–Crippen MR) is 88.5 cm³/mol. The lowest BCUT2D eigenvalue weighted by Crippen LogP contribution is -2.35. The molecule has 1 heterocycles. The van der Waals surface area contributed by atoms with Gasteiger partial charge in [0.25, 0.3) is 20.1 Å². The van der Waals surface area contributed by atoms with Crippen molar-refractivity contribution in [2.45, 2.75) is 9.79 Å². The summed E-state index contributed by atoms with van der Waals surface area (Å²) in [5.74, 6) is -0.394. The number of carbonyl (C=O) groups is 1. The highest BCUT2D eigenvalue weighted by Crippen LogP contribution is 2.20. The van der Waals surface area contributed by atoms with E-state index in [2.05, 4.69) is 15.0 Å². The monoisotopic (exact) mass is 419 g/mol. The number of amides is 2. The molecule has 15 heteroatoms. The predicted octanol–water partition coefficient (Wildman–Crippen LogP) is -0.354. The molecule has 13 nitrogen and oxygen atoms in total. The lowest BCUT2D eigenvalue weighted by molar-refractivity contribution is 0.256. The summed E-state index contributed by atoms with van der Waals surface area (Å²) in [5.41, 5.74) is 0. The van der Waals surface area contributed by atoms with Crippen LogP contribution in [0.2, 0.25) is 0 Å². The Labute approximate surface area is 153 Å². The van der Waals surface area contributed by atoms with E-state index < -0.39 is 41.9 Å². The average molecular weight is 419 g/mol. The molecule has 0 spiro atoms. The molecule has 0 saturated carbocycles. The van der Waals surface area contributed by atoms with E-state index in [1.54, 1.807) is 4.72 Å². The van der Waals surface area contributed by atoms with Crippen LogP contribution in [0.25, 0.3) is 0 Å². The zero-order chi connectivity index (χ0) is 20.2. The maximum atomic E-state index is 12.3. The van der Waals surface area contributed by atoms with Crippen LogP contribution in [0.5, 0.6) is 12.0 Å². The Morgan fingerprint density at radius 1 is 0.963 bits per heavy atom. The van der Waals surface area contributed by atoms with Crippen molar-refractivity contribution in [2.75, 3.05) is 19.5 Å². The summed E-state index contributed by atoms with van der Waals surface area (Å²) in [4.78, 5) is 21.3. The smallest absolute Gasteiger partial charge is 0.335 e. The third-order valence-corrected chi connectivity index (χ3v) is 5.26. The molecule has 0 atom stereocenters. The Balaban J connectivity index is 2.29. The highest BCUT2D eigenvalue weighted by Gasteiger charge is 2.26. The van der Waals surface area contributed by atoms with E-state index >= 15 is 0 Å². The summed E-state index contributed by atoms with van der Waals surface area (Å²) >= 11 is 0. The molecule has 146 valence electrons. The van der Waals surface area contributed by atoms with Crippen LogP contribution in [0.1, 0.15) is 0 Å². The second-order valence-corrected chi connectivity index (χ2v) is 7.65. The van der Waals surface area contributed by atoms with Crippen molar-refractivity contribution in [1.82, 2.24) is 19.7 Å². The first-order valence-electron chi connectivity index (χ1n) is 6.81. The molecule has 0 aliphatic carbocycles. The van der Waals surface area contributed by atoms with Gasteiger partial charge in [-0.05, 0) is 12.1 Å². The van der Waals surface area contributed by atoms with E-state index in [0.29, 0.717) is 0 Å². The molecule has 0 aliphatic rings. The number of ether oxygens (including phenoxy) is 2. The van der Waals surface area contributed by atoms with E-state index in [4.69, 9.17) is 14.0 Å². The van der Waals surface area contributed by atoms with Crippen molar-refractivity contribution in [2.24, 2.45) is 0 Å². The quantitative estimate of drug-likeness (QED) is 0.519. The number of carbonyl (C=O) groups excluding carboxylic acids is 1. The largest absolute Gasteiger partial charge is 0.467 e. The maximum absolute atomic E-state index is 12.3. The SMILES string of the molecule is COc1nc(NC(=O)NS(=O)(=O)c2ccccc2S(=O)(=O)O)nc(OC)n1. The molecule has 2 amide bonds. The van der Waals surface area contributed by atoms with Crippen LogP contribution in [0, 0.1) is 0 Å². The van der Waals surface area contributed by atoms with Crippen molar-refractivity contribution in [3.05, 3.63) is 24.3 Å². The Hall–Kier alpha value is -3.04. The molecule has 0 aliphatic heterocycles. The first-order chi connectivity index (χ1) is 12.6. The van der Waals surface area contributed by atoms with Crippen LogP contribution in [0.4, 0.5) is 10.7 Å². The van der Waals surface area contributed by atoms with Gasteiger partial charge in [-0.1, -0.05) is 12.1 Å². The number of rotatable bonds is 6. The fraction of sp³-hybridized carbons (Fsp3) is 0.167. The average Bonchev–Trinajstić information content (AvgIpc) is 2.60. The number of methoxy groups -OCH3 is 2. The lowest BCUT2D eigenvalue weighted by Gasteiger charge is -2.10. The van der Waals surface area contributed by atoms with Gasteiger partial charge >= 0.3 is 18.1 Å². The lowest BCUT2D eigenvalue weighted by atomic mass is 10.4. The fourth-order valence-electron chi connectivity index (χ4n) is 1.77. The van der Waals surface area contributed by atoms with Gasteiger partial charge in [-0.3, -0.25) is 9.87 Å². The third-order valence-electron chi connectivity index (χ3n) is 2.83. The second kappa shape index (κ2) is 7.68. The van der Waals surface area contributed by atoms with Gasteiger partial charge in [0, 0.05) is 0 Å².